The Kier molecular flexibility index (Phi) is 3.51. The Hall–Kier alpha value is -2.26. The molecular weight excluding hydrogens is 374 g/mol. The third-order valence-electron chi connectivity index (χ3n) is 5.68. The van der Waals surface area contributed by atoms with Gasteiger partial charge in [0.2, 0.25) is 5.43 Å². The fourth-order valence-electron chi connectivity index (χ4n) is 4.05. The molecule has 2 unspecified atom stereocenters. The van der Waals surface area contributed by atoms with Gasteiger partial charge in [0, 0.05) is 25.2 Å². The molecule has 0 radical (unpaired) electrons. The molecule has 1 aliphatic heterocycles. The maximum absolute atomic E-state index is 15.6. The lowest BCUT2D eigenvalue weighted by Gasteiger charge is -2.22. The molecule has 6 nitrogen and oxygen atoms in total. The summed E-state index contributed by atoms with van der Waals surface area (Å²) < 4.78 is 34.8. The summed E-state index contributed by atoms with van der Waals surface area (Å²) in [4.78, 5) is 26.9. The number of nitrogens with zero attached hydrogens (tertiary/aromatic N) is 2. The van der Waals surface area contributed by atoms with Gasteiger partial charge in [-0.05, 0) is 36.4 Å². The lowest BCUT2D eigenvalue weighted by molar-refractivity contribution is 0.564. The van der Waals surface area contributed by atoms with Crippen LogP contribution in [-0.4, -0.2) is 28.1 Å². The summed E-state index contributed by atoms with van der Waals surface area (Å²) in [5.41, 5.74) is 4.82. The van der Waals surface area contributed by atoms with Crippen LogP contribution in [0.25, 0.3) is 21.1 Å². The first kappa shape index (κ1) is 16.9. The third-order valence-corrected chi connectivity index (χ3v) is 6.56. The summed E-state index contributed by atoms with van der Waals surface area (Å²) in [6.45, 7) is 2.75. The first-order valence-corrected chi connectivity index (χ1v) is 9.78. The van der Waals surface area contributed by atoms with Gasteiger partial charge in [0.25, 0.3) is 5.56 Å². The van der Waals surface area contributed by atoms with Gasteiger partial charge in [0.05, 0.1) is 10.9 Å². The Morgan fingerprint density at radius 1 is 1.26 bits per heavy atom. The van der Waals surface area contributed by atoms with Crippen LogP contribution < -0.4 is 21.6 Å². The fourth-order valence-corrected chi connectivity index (χ4v) is 4.97. The average molecular weight is 392 g/mol. The van der Waals surface area contributed by atoms with E-state index in [1.54, 1.807) is 9.47 Å². The molecule has 9 heteroatoms. The summed E-state index contributed by atoms with van der Waals surface area (Å²) in [6.07, 6.45) is 1.66. The SMILES string of the molecule is CC1CN(c2c(F)cc3c(=O)c4c(=O)[nH]sc4n(C4CC4)c3c2F)CC1N. The number of hydrogen-bond acceptors (Lipinski definition) is 5. The highest BCUT2D eigenvalue weighted by atomic mass is 32.1. The molecule has 0 bridgehead atoms. The van der Waals surface area contributed by atoms with Crippen molar-refractivity contribution in [3.63, 3.8) is 0 Å². The highest BCUT2D eigenvalue weighted by Gasteiger charge is 2.35. The molecule has 1 saturated heterocycles. The monoisotopic (exact) mass is 392 g/mol. The van der Waals surface area contributed by atoms with Gasteiger partial charge in [-0.2, -0.15) is 0 Å². The standard InChI is InChI=1S/C18H18F2N4O2S/c1-7-5-23(6-11(7)21)15-10(19)4-9-14(13(15)20)24(8-2-3-8)18-12(16(9)25)17(26)22-27-18/h4,7-8,11H,2-3,5-6,21H2,1H3,(H,22,26). The Balaban J connectivity index is 1.89. The van der Waals surface area contributed by atoms with E-state index in [1.807, 2.05) is 6.92 Å². The summed E-state index contributed by atoms with van der Waals surface area (Å²) in [6, 6.07) is 0.914. The van der Waals surface area contributed by atoms with E-state index >= 15 is 4.39 Å². The van der Waals surface area contributed by atoms with Gasteiger partial charge in [-0.25, -0.2) is 8.78 Å². The van der Waals surface area contributed by atoms with Gasteiger partial charge in [0.15, 0.2) is 5.82 Å². The number of aromatic nitrogens is 2. The number of halogens is 2. The molecule has 3 heterocycles. The fraction of sp³-hybridized carbons (Fsp3) is 0.444. The number of benzene rings is 1. The molecule has 0 spiro atoms. The molecule has 1 aromatic carbocycles. The van der Waals surface area contributed by atoms with E-state index in [1.165, 1.54) is 0 Å². The van der Waals surface area contributed by atoms with Crippen molar-refractivity contribution in [3.05, 3.63) is 38.3 Å². The van der Waals surface area contributed by atoms with Gasteiger partial charge in [-0.3, -0.25) is 14.0 Å². The maximum atomic E-state index is 15.6. The summed E-state index contributed by atoms with van der Waals surface area (Å²) in [7, 11) is 0. The zero-order chi connectivity index (χ0) is 19.0. The van der Waals surface area contributed by atoms with Crippen LogP contribution in [0.1, 0.15) is 25.8 Å². The molecule has 142 valence electrons. The van der Waals surface area contributed by atoms with Crippen LogP contribution in [0.15, 0.2) is 15.7 Å². The minimum Gasteiger partial charge on any atom is -0.365 e. The molecule has 3 N–H and O–H groups in total. The second-order valence-corrected chi connectivity index (χ2v) is 8.40. The zero-order valence-electron chi connectivity index (χ0n) is 14.6. The van der Waals surface area contributed by atoms with Gasteiger partial charge >= 0.3 is 0 Å². The predicted molar refractivity (Wildman–Crippen MR) is 102 cm³/mol. The average Bonchev–Trinajstić information content (AvgIpc) is 3.30. The highest BCUT2D eigenvalue weighted by molar-refractivity contribution is 7.12. The Labute approximate surface area is 156 Å². The molecule has 5 rings (SSSR count). The van der Waals surface area contributed by atoms with E-state index < -0.39 is 22.6 Å². The van der Waals surface area contributed by atoms with Crippen LogP contribution >= 0.6 is 11.5 Å². The third kappa shape index (κ3) is 2.31. The molecule has 1 saturated carbocycles. The largest absolute Gasteiger partial charge is 0.365 e. The summed E-state index contributed by atoms with van der Waals surface area (Å²) in [5, 5.41) is -0.114. The normalized spacial score (nSPS) is 23.0. The molecule has 0 amide bonds. The Bertz CT molecular complexity index is 1200. The Morgan fingerprint density at radius 2 is 2.00 bits per heavy atom. The number of H-pyrrole nitrogens is 1. The number of aromatic amines is 1. The van der Waals surface area contributed by atoms with Crippen LogP contribution in [0.5, 0.6) is 0 Å². The van der Waals surface area contributed by atoms with Gasteiger partial charge in [0.1, 0.15) is 21.7 Å². The van der Waals surface area contributed by atoms with E-state index in [0.717, 1.165) is 30.4 Å². The molecule has 1 aliphatic carbocycles. The Morgan fingerprint density at radius 3 is 2.63 bits per heavy atom. The number of fused-ring (bicyclic) bond motifs is 2. The first-order chi connectivity index (χ1) is 12.9. The van der Waals surface area contributed by atoms with E-state index in [0.29, 0.717) is 17.9 Å². The van der Waals surface area contributed by atoms with Crippen molar-refractivity contribution >= 4 is 38.3 Å². The smallest absolute Gasteiger partial charge is 0.271 e. The maximum Gasteiger partial charge on any atom is 0.271 e. The van der Waals surface area contributed by atoms with Crippen molar-refractivity contribution in [3.8, 4) is 0 Å². The lowest BCUT2D eigenvalue weighted by Crippen LogP contribution is -2.29. The van der Waals surface area contributed by atoms with Gasteiger partial charge < -0.3 is 15.2 Å². The number of nitrogens with two attached hydrogens (primary N) is 1. The van der Waals surface area contributed by atoms with Gasteiger partial charge in [-0.15, -0.1) is 0 Å². The van der Waals surface area contributed by atoms with Crippen molar-refractivity contribution in [2.75, 3.05) is 18.0 Å². The molecule has 2 aromatic heterocycles. The quantitative estimate of drug-likeness (QED) is 0.701. The van der Waals surface area contributed by atoms with Crippen molar-refractivity contribution < 1.29 is 8.78 Å². The van der Waals surface area contributed by atoms with Crippen molar-refractivity contribution in [1.29, 1.82) is 0 Å². The van der Waals surface area contributed by atoms with Gasteiger partial charge in [-0.1, -0.05) is 6.92 Å². The van der Waals surface area contributed by atoms with E-state index in [9.17, 15) is 14.0 Å². The van der Waals surface area contributed by atoms with Crippen LogP contribution in [0.4, 0.5) is 14.5 Å². The molecule has 2 atom stereocenters. The summed E-state index contributed by atoms with van der Waals surface area (Å²) >= 11 is 1.02. The topological polar surface area (TPSA) is 84.1 Å². The number of nitrogens with one attached hydrogen (secondary N) is 1. The van der Waals surface area contributed by atoms with E-state index in [-0.39, 0.29) is 40.0 Å². The molecular formula is C18H18F2N4O2S. The minimum atomic E-state index is -0.799. The van der Waals surface area contributed by atoms with Crippen molar-refractivity contribution in [2.24, 2.45) is 11.7 Å². The number of hydrogen-bond donors (Lipinski definition) is 2. The second-order valence-electron chi connectivity index (χ2n) is 7.61. The van der Waals surface area contributed by atoms with Crippen molar-refractivity contribution in [2.45, 2.75) is 31.8 Å². The molecule has 2 aliphatic rings. The zero-order valence-corrected chi connectivity index (χ0v) is 15.4. The second kappa shape index (κ2) is 5.62. The van der Waals surface area contributed by atoms with Crippen LogP contribution in [-0.2, 0) is 0 Å². The van der Waals surface area contributed by atoms with E-state index in [2.05, 4.69) is 4.37 Å². The van der Waals surface area contributed by atoms with Crippen molar-refractivity contribution in [1.82, 2.24) is 8.94 Å². The first-order valence-electron chi connectivity index (χ1n) is 8.96. The number of pyridine rings is 1. The van der Waals surface area contributed by atoms with E-state index in [4.69, 9.17) is 5.73 Å². The molecule has 2 fully saturated rings. The molecule has 3 aromatic rings. The predicted octanol–water partition coefficient (Wildman–Crippen LogP) is 2.30. The minimum absolute atomic E-state index is 0.00891. The van der Waals surface area contributed by atoms with Crippen LogP contribution in [0.3, 0.4) is 0 Å². The molecule has 27 heavy (non-hydrogen) atoms. The lowest BCUT2D eigenvalue weighted by atomic mass is 10.1. The number of anilines is 1. The highest BCUT2D eigenvalue weighted by Crippen LogP contribution is 2.42. The van der Waals surface area contributed by atoms with Crippen LogP contribution in [0, 0.1) is 17.6 Å². The summed E-state index contributed by atoms with van der Waals surface area (Å²) in [5.74, 6) is -1.44. The number of rotatable bonds is 2. The van der Waals surface area contributed by atoms with Crippen LogP contribution in [0.2, 0.25) is 0 Å².